The van der Waals surface area contributed by atoms with Crippen LogP contribution in [0, 0.1) is 36.5 Å². The minimum atomic E-state index is -4.67. The van der Waals surface area contributed by atoms with Crippen LogP contribution in [0.2, 0.25) is 0 Å². The number of amides is 4. The molecule has 0 unspecified atom stereocenters. The fourth-order valence-electron chi connectivity index (χ4n) is 5.29. The van der Waals surface area contributed by atoms with Gasteiger partial charge >= 0.3 is 16.2 Å². The number of benzene rings is 4. The fourth-order valence-corrected chi connectivity index (χ4v) is 6.21. The minimum absolute atomic E-state index is 0. The molecule has 0 heterocycles. The number of carbonyl (C=O) groups excluding carboxylic acids is 3. The van der Waals surface area contributed by atoms with E-state index in [1.54, 1.807) is 111 Å². The van der Waals surface area contributed by atoms with Gasteiger partial charge in [-0.2, -0.15) is 50.7 Å². The Morgan fingerprint density at radius 3 is 1.48 bits per heavy atom. The number of anilines is 2. The third-order valence-corrected chi connectivity index (χ3v) is 9.14. The van der Waals surface area contributed by atoms with E-state index < -0.39 is 40.1 Å². The standard InChI is InChI=1S/C37H37N7O5S.2H2S/c1-25-19-31(17-15-29(25)23-38)43(3)35(45)33(21-27-11-7-5-8-12-27)40-37(47)42-50(48,49)41-34(22-28-13-9-6-10-14-28)36(46)44(4)32-18-16-30(24-39)26(2)20-32;;/h5-20,33-34,41H,21-22H2,1-4H3,(H2,40,42,47);2*1H2/t33-,34-;;/m0../s1. The highest BCUT2D eigenvalue weighted by Gasteiger charge is 2.31. The van der Waals surface area contributed by atoms with Gasteiger partial charge in [-0.1, -0.05) is 60.7 Å². The quantitative estimate of drug-likeness (QED) is 0.194. The molecule has 15 heteroatoms. The number of carbonyl (C=O) groups is 3. The van der Waals surface area contributed by atoms with E-state index in [1.165, 1.54) is 23.9 Å². The number of nitriles is 2. The number of urea groups is 1. The van der Waals surface area contributed by atoms with Gasteiger partial charge in [0, 0.05) is 31.9 Å². The summed E-state index contributed by atoms with van der Waals surface area (Å²) in [6.07, 6.45) is 0.00974. The maximum Gasteiger partial charge on any atom is 0.330 e. The molecule has 4 rings (SSSR count). The summed E-state index contributed by atoms with van der Waals surface area (Å²) in [6.45, 7) is 3.47. The van der Waals surface area contributed by atoms with E-state index in [0.717, 1.165) is 0 Å². The van der Waals surface area contributed by atoms with Crippen molar-refractivity contribution in [3.05, 3.63) is 130 Å². The lowest BCUT2D eigenvalue weighted by Crippen LogP contribution is -2.57. The number of nitrogens with one attached hydrogen (secondary N) is 3. The second-order valence-electron chi connectivity index (χ2n) is 11.7. The fraction of sp³-hybridized carbons (Fsp3) is 0.216. The zero-order valence-electron chi connectivity index (χ0n) is 29.0. The summed E-state index contributed by atoms with van der Waals surface area (Å²) in [5.41, 5.74) is 4.49. The van der Waals surface area contributed by atoms with Crippen molar-refractivity contribution in [2.75, 3.05) is 23.9 Å². The molecule has 4 aromatic carbocycles. The topological polar surface area (TPSA) is 176 Å². The first kappa shape index (κ1) is 42.8. The predicted molar refractivity (Wildman–Crippen MR) is 211 cm³/mol. The van der Waals surface area contributed by atoms with Crippen LogP contribution in [-0.2, 0) is 32.6 Å². The minimum Gasteiger partial charge on any atom is -0.325 e. The van der Waals surface area contributed by atoms with Crippen molar-refractivity contribution < 1.29 is 22.8 Å². The lowest BCUT2D eigenvalue weighted by Gasteiger charge is -2.26. The monoisotopic (exact) mass is 759 g/mol. The molecule has 12 nitrogen and oxygen atoms in total. The summed E-state index contributed by atoms with van der Waals surface area (Å²) in [6, 6.07) is 27.8. The van der Waals surface area contributed by atoms with Crippen molar-refractivity contribution >= 4 is 66.4 Å². The summed E-state index contributed by atoms with van der Waals surface area (Å²) in [4.78, 5) is 43.4. The average Bonchev–Trinajstić information content (AvgIpc) is 3.10. The Labute approximate surface area is 318 Å². The van der Waals surface area contributed by atoms with Crippen LogP contribution in [-0.4, -0.2) is 52.4 Å². The van der Waals surface area contributed by atoms with Gasteiger partial charge in [-0.3, -0.25) is 9.59 Å². The van der Waals surface area contributed by atoms with E-state index in [2.05, 4.69) is 22.2 Å². The summed E-state index contributed by atoms with van der Waals surface area (Å²) in [5.74, 6) is -1.14. The molecule has 0 saturated carbocycles. The zero-order valence-corrected chi connectivity index (χ0v) is 31.9. The smallest absolute Gasteiger partial charge is 0.325 e. The molecule has 2 atom stereocenters. The van der Waals surface area contributed by atoms with Gasteiger partial charge in [-0.15, -0.1) is 0 Å². The molecular weight excluding hydrogens is 719 g/mol. The van der Waals surface area contributed by atoms with Gasteiger partial charge in [0.1, 0.15) is 12.1 Å². The number of rotatable bonds is 12. The predicted octanol–water partition coefficient (Wildman–Crippen LogP) is 4.25. The normalized spacial score (nSPS) is 11.6. The first-order chi connectivity index (χ1) is 23.8. The van der Waals surface area contributed by atoms with Gasteiger partial charge in [0.2, 0.25) is 11.8 Å². The maximum atomic E-state index is 13.8. The SMILES string of the molecule is Cc1cc(N(C)C(=O)[C@H](Cc2ccccc2)NC(=O)NS(=O)(=O)N[C@@H](Cc2ccccc2)C(=O)N(C)c2ccc(C#N)c(C)c2)ccc1C#N.S.S. The highest BCUT2D eigenvalue weighted by molar-refractivity contribution is 7.88. The first-order valence-corrected chi connectivity index (χ1v) is 17.0. The molecule has 0 radical (unpaired) electrons. The largest absolute Gasteiger partial charge is 0.330 e. The molecular formula is C37H41N7O5S3. The lowest BCUT2D eigenvalue weighted by molar-refractivity contribution is -0.120. The van der Waals surface area contributed by atoms with Crippen molar-refractivity contribution in [3.63, 3.8) is 0 Å². The average molecular weight is 760 g/mol. The number of likely N-dealkylation sites (N-methyl/N-ethyl adjacent to an activating group) is 2. The summed E-state index contributed by atoms with van der Waals surface area (Å²) < 4.78 is 31.0. The van der Waals surface area contributed by atoms with Gasteiger partial charge < -0.3 is 15.1 Å². The third kappa shape index (κ3) is 11.3. The van der Waals surface area contributed by atoms with Crippen LogP contribution in [0.1, 0.15) is 33.4 Å². The van der Waals surface area contributed by atoms with Gasteiger partial charge in [-0.05, 0) is 78.9 Å². The van der Waals surface area contributed by atoms with Crippen LogP contribution >= 0.6 is 27.0 Å². The molecule has 0 fully saturated rings. The summed E-state index contributed by atoms with van der Waals surface area (Å²) in [5, 5.41) is 21.1. The van der Waals surface area contributed by atoms with E-state index in [0.29, 0.717) is 44.8 Å². The summed E-state index contributed by atoms with van der Waals surface area (Å²) >= 11 is 0. The second-order valence-corrected chi connectivity index (χ2v) is 13.1. The molecule has 0 aliphatic carbocycles. The second kappa shape index (κ2) is 19.3. The number of hydrogen-bond acceptors (Lipinski definition) is 7. The third-order valence-electron chi connectivity index (χ3n) is 8.09. The van der Waals surface area contributed by atoms with E-state index >= 15 is 0 Å². The van der Waals surface area contributed by atoms with Crippen LogP contribution in [0.4, 0.5) is 16.2 Å². The van der Waals surface area contributed by atoms with Crippen molar-refractivity contribution in [2.24, 2.45) is 0 Å². The van der Waals surface area contributed by atoms with E-state index in [4.69, 9.17) is 0 Å². The van der Waals surface area contributed by atoms with Crippen molar-refractivity contribution in [3.8, 4) is 12.1 Å². The summed E-state index contributed by atoms with van der Waals surface area (Å²) in [7, 11) is -1.66. The number of aryl methyl sites for hydroxylation is 2. The Kier molecular flexibility index (Phi) is 15.9. The van der Waals surface area contributed by atoms with Crippen LogP contribution in [0.5, 0.6) is 0 Å². The van der Waals surface area contributed by atoms with Gasteiger partial charge in [0.25, 0.3) is 0 Å². The highest BCUT2D eigenvalue weighted by Crippen LogP contribution is 2.21. The van der Waals surface area contributed by atoms with Gasteiger partial charge in [0.15, 0.2) is 0 Å². The molecule has 3 N–H and O–H groups in total. The molecule has 4 amide bonds. The lowest BCUT2D eigenvalue weighted by atomic mass is 10.0. The Bertz CT molecular complexity index is 2070. The van der Waals surface area contributed by atoms with Crippen LogP contribution < -0.4 is 24.6 Å². The van der Waals surface area contributed by atoms with E-state index in [9.17, 15) is 33.3 Å². The molecule has 4 aromatic rings. The maximum absolute atomic E-state index is 13.8. The van der Waals surface area contributed by atoms with Crippen molar-refractivity contribution in [1.29, 1.82) is 10.5 Å². The Morgan fingerprint density at radius 2 is 1.08 bits per heavy atom. The van der Waals surface area contributed by atoms with E-state index in [-0.39, 0.29) is 39.8 Å². The molecule has 0 aliphatic rings. The molecule has 0 saturated heterocycles. The molecule has 0 spiro atoms. The highest BCUT2D eigenvalue weighted by atomic mass is 32.2. The zero-order chi connectivity index (χ0) is 36.4. The Hall–Kier alpha value is -5.32. The van der Waals surface area contributed by atoms with E-state index in [1.807, 2.05) is 4.72 Å². The van der Waals surface area contributed by atoms with Crippen LogP contribution in [0.15, 0.2) is 97.1 Å². The molecule has 0 aromatic heterocycles. The molecule has 52 heavy (non-hydrogen) atoms. The molecule has 272 valence electrons. The Morgan fingerprint density at radius 1 is 0.673 bits per heavy atom. The number of hydrogen-bond donors (Lipinski definition) is 3. The van der Waals surface area contributed by atoms with Gasteiger partial charge in [-0.25, -0.2) is 9.52 Å². The van der Waals surface area contributed by atoms with Crippen molar-refractivity contribution in [2.45, 2.75) is 38.8 Å². The Balaban J connectivity index is 0.00000468. The van der Waals surface area contributed by atoms with Crippen molar-refractivity contribution in [1.82, 2.24) is 14.8 Å². The number of nitrogens with zero attached hydrogens (tertiary/aromatic N) is 4. The molecule has 0 aliphatic heterocycles. The van der Waals surface area contributed by atoms with Crippen LogP contribution in [0.3, 0.4) is 0 Å². The molecule has 0 bridgehead atoms. The first-order valence-electron chi connectivity index (χ1n) is 15.6. The van der Waals surface area contributed by atoms with Gasteiger partial charge in [0.05, 0.1) is 23.3 Å². The van der Waals surface area contributed by atoms with Crippen LogP contribution in [0.25, 0.3) is 0 Å².